The molecule has 1 atom stereocenters. The van der Waals surface area contributed by atoms with Gasteiger partial charge in [0.25, 0.3) is 0 Å². The summed E-state index contributed by atoms with van der Waals surface area (Å²) in [5, 5.41) is 6.00. The second kappa shape index (κ2) is 10.1. The Kier molecular flexibility index (Phi) is 7.71. The van der Waals surface area contributed by atoms with Gasteiger partial charge < -0.3 is 21.3 Å². The van der Waals surface area contributed by atoms with Gasteiger partial charge in [0.1, 0.15) is 0 Å². The minimum atomic E-state index is -0.0988. The van der Waals surface area contributed by atoms with Crippen LogP contribution in [0.15, 0.2) is 30.3 Å². The summed E-state index contributed by atoms with van der Waals surface area (Å²) in [5.74, 6) is 0.0334. The molecule has 2 rings (SSSR count). The summed E-state index contributed by atoms with van der Waals surface area (Å²) in [6.07, 6.45) is 3.02. The number of amides is 2. The highest BCUT2D eigenvalue weighted by Crippen LogP contribution is 2.05. The van der Waals surface area contributed by atoms with Gasteiger partial charge in [-0.25, -0.2) is 0 Å². The van der Waals surface area contributed by atoms with Gasteiger partial charge in [0.05, 0.1) is 6.04 Å². The first-order valence-corrected chi connectivity index (χ1v) is 8.73. The molecule has 24 heavy (non-hydrogen) atoms. The standard InChI is InChI=1S/C18H28N4O2/c19-10-14-22(13-9-15-5-2-1-3-6-15)17(23)8-12-21-18(24)16-7-4-11-20-16/h1-3,5-6,16,20H,4,7-14,19H2,(H,21,24). The largest absolute Gasteiger partial charge is 0.354 e. The summed E-state index contributed by atoms with van der Waals surface area (Å²) in [4.78, 5) is 26.1. The predicted octanol–water partition coefficient (Wildman–Crippen LogP) is 0.275. The number of nitrogens with zero attached hydrogens (tertiary/aromatic N) is 1. The van der Waals surface area contributed by atoms with Crippen LogP contribution in [-0.4, -0.2) is 55.5 Å². The predicted molar refractivity (Wildman–Crippen MR) is 94.4 cm³/mol. The van der Waals surface area contributed by atoms with Crippen LogP contribution in [0.25, 0.3) is 0 Å². The van der Waals surface area contributed by atoms with Gasteiger partial charge in [-0.2, -0.15) is 0 Å². The van der Waals surface area contributed by atoms with Gasteiger partial charge in [-0.15, -0.1) is 0 Å². The fourth-order valence-corrected chi connectivity index (χ4v) is 2.91. The molecule has 6 heteroatoms. The van der Waals surface area contributed by atoms with E-state index in [9.17, 15) is 9.59 Å². The fraction of sp³-hybridized carbons (Fsp3) is 0.556. The van der Waals surface area contributed by atoms with Crippen LogP contribution < -0.4 is 16.4 Å². The van der Waals surface area contributed by atoms with E-state index >= 15 is 0 Å². The van der Waals surface area contributed by atoms with Crippen molar-refractivity contribution in [3.8, 4) is 0 Å². The van der Waals surface area contributed by atoms with Crippen LogP contribution in [0.2, 0.25) is 0 Å². The average molecular weight is 332 g/mol. The third kappa shape index (κ3) is 5.94. The summed E-state index contributed by atoms with van der Waals surface area (Å²) in [5.41, 5.74) is 6.83. The van der Waals surface area contributed by atoms with E-state index in [4.69, 9.17) is 5.73 Å². The summed E-state index contributed by atoms with van der Waals surface area (Å²) < 4.78 is 0. The molecule has 4 N–H and O–H groups in total. The number of carbonyl (C=O) groups excluding carboxylic acids is 2. The molecule has 6 nitrogen and oxygen atoms in total. The first kappa shape index (κ1) is 18.4. The molecule has 1 heterocycles. The van der Waals surface area contributed by atoms with E-state index < -0.39 is 0 Å². The zero-order chi connectivity index (χ0) is 17.2. The molecule has 1 unspecified atom stereocenters. The molecule has 1 saturated heterocycles. The molecule has 0 aromatic heterocycles. The second-order valence-electron chi connectivity index (χ2n) is 6.10. The highest BCUT2D eigenvalue weighted by atomic mass is 16.2. The van der Waals surface area contributed by atoms with Crippen molar-refractivity contribution >= 4 is 11.8 Å². The Hall–Kier alpha value is -1.92. The lowest BCUT2D eigenvalue weighted by Crippen LogP contribution is -2.43. The topological polar surface area (TPSA) is 87.5 Å². The normalized spacial score (nSPS) is 16.8. The summed E-state index contributed by atoms with van der Waals surface area (Å²) in [6.45, 7) is 2.91. The van der Waals surface area contributed by atoms with Crippen molar-refractivity contribution < 1.29 is 9.59 Å². The van der Waals surface area contributed by atoms with Crippen LogP contribution in [0.1, 0.15) is 24.8 Å². The zero-order valence-electron chi connectivity index (χ0n) is 14.2. The third-order valence-electron chi connectivity index (χ3n) is 4.28. The summed E-state index contributed by atoms with van der Waals surface area (Å²) >= 11 is 0. The molecule has 1 aromatic carbocycles. The van der Waals surface area contributed by atoms with Gasteiger partial charge >= 0.3 is 0 Å². The Morgan fingerprint density at radius 1 is 1.25 bits per heavy atom. The minimum Gasteiger partial charge on any atom is -0.354 e. The molecule has 2 amide bonds. The molecule has 1 aliphatic heterocycles. The van der Waals surface area contributed by atoms with Crippen LogP contribution >= 0.6 is 0 Å². The molecule has 0 spiro atoms. The molecular weight excluding hydrogens is 304 g/mol. The van der Waals surface area contributed by atoms with Crippen LogP contribution in [0.5, 0.6) is 0 Å². The summed E-state index contributed by atoms with van der Waals surface area (Å²) in [6, 6.07) is 9.99. The zero-order valence-corrected chi connectivity index (χ0v) is 14.2. The molecule has 0 aliphatic carbocycles. The number of nitrogens with two attached hydrogens (primary N) is 1. The van der Waals surface area contributed by atoms with Crippen LogP contribution in [0.3, 0.4) is 0 Å². The van der Waals surface area contributed by atoms with Gasteiger partial charge in [-0.1, -0.05) is 30.3 Å². The van der Waals surface area contributed by atoms with Crippen molar-refractivity contribution in [1.29, 1.82) is 0 Å². The number of carbonyl (C=O) groups is 2. The lowest BCUT2D eigenvalue weighted by molar-refractivity contribution is -0.131. The van der Waals surface area contributed by atoms with Crippen molar-refractivity contribution in [3.05, 3.63) is 35.9 Å². The molecule has 0 radical (unpaired) electrons. The van der Waals surface area contributed by atoms with Gasteiger partial charge in [-0.05, 0) is 31.4 Å². The van der Waals surface area contributed by atoms with Crippen LogP contribution in [0, 0.1) is 0 Å². The summed E-state index contributed by atoms with van der Waals surface area (Å²) in [7, 11) is 0. The van der Waals surface area contributed by atoms with E-state index in [1.54, 1.807) is 4.90 Å². The molecule has 1 aliphatic rings. The Morgan fingerprint density at radius 3 is 2.71 bits per heavy atom. The van der Waals surface area contributed by atoms with Gasteiger partial charge in [-0.3, -0.25) is 9.59 Å². The van der Waals surface area contributed by atoms with E-state index in [0.29, 0.717) is 32.6 Å². The lowest BCUT2D eigenvalue weighted by atomic mass is 10.1. The van der Waals surface area contributed by atoms with Crippen molar-refractivity contribution in [2.75, 3.05) is 32.7 Å². The second-order valence-corrected chi connectivity index (χ2v) is 6.10. The maximum absolute atomic E-state index is 12.4. The lowest BCUT2D eigenvalue weighted by Gasteiger charge is -2.22. The fourth-order valence-electron chi connectivity index (χ4n) is 2.91. The molecule has 1 fully saturated rings. The molecule has 132 valence electrons. The number of rotatable bonds is 9. The molecule has 1 aromatic rings. The maximum Gasteiger partial charge on any atom is 0.237 e. The quantitative estimate of drug-likeness (QED) is 0.606. The molecular formula is C18H28N4O2. The van der Waals surface area contributed by atoms with Gasteiger partial charge in [0.15, 0.2) is 0 Å². The van der Waals surface area contributed by atoms with Crippen molar-refractivity contribution in [2.24, 2.45) is 5.73 Å². The SMILES string of the molecule is NCCN(CCc1ccccc1)C(=O)CCNC(=O)C1CCCN1. The maximum atomic E-state index is 12.4. The Labute approximate surface area is 143 Å². The van der Waals surface area contributed by atoms with E-state index in [-0.39, 0.29) is 17.9 Å². The van der Waals surface area contributed by atoms with Crippen molar-refractivity contribution in [3.63, 3.8) is 0 Å². The molecule has 0 bridgehead atoms. The molecule has 0 saturated carbocycles. The average Bonchev–Trinajstić information content (AvgIpc) is 3.14. The number of nitrogens with one attached hydrogen (secondary N) is 2. The first-order chi connectivity index (χ1) is 11.7. The van der Waals surface area contributed by atoms with E-state index in [0.717, 1.165) is 25.8 Å². The Balaban J connectivity index is 1.72. The Bertz CT molecular complexity index is 515. The van der Waals surface area contributed by atoms with Crippen LogP contribution in [0.4, 0.5) is 0 Å². The van der Waals surface area contributed by atoms with Gasteiger partial charge in [0.2, 0.25) is 11.8 Å². The first-order valence-electron chi connectivity index (χ1n) is 8.73. The smallest absolute Gasteiger partial charge is 0.237 e. The number of benzene rings is 1. The number of hydrogen-bond acceptors (Lipinski definition) is 4. The Morgan fingerprint density at radius 2 is 2.04 bits per heavy atom. The van der Waals surface area contributed by atoms with Crippen molar-refractivity contribution in [1.82, 2.24) is 15.5 Å². The highest BCUT2D eigenvalue weighted by Gasteiger charge is 2.21. The third-order valence-corrected chi connectivity index (χ3v) is 4.28. The number of hydrogen-bond donors (Lipinski definition) is 3. The minimum absolute atomic E-state index is 0.00467. The monoisotopic (exact) mass is 332 g/mol. The van der Waals surface area contributed by atoms with Gasteiger partial charge in [0, 0.05) is 32.6 Å². The van der Waals surface area contributed by atoms with E-state index in [2.05, 4.69) is 22.8 Å². The van der Waals surface area contributed by atoms with E-state index in [1.807, 2.05) is 18.2 Å². The van der Waals surface area contributed by atoms with E-state index in [1.165, 1.54) is 5.56 Å². The van der Waals surface area contributed by atoms with Crippen molar-refractivity contribution in [2.45, 2.75) is 31.7 Å². The highest BCUT2D eigenvalue weighted by molar-refractivity contribution is 5.83. The van der Waals surface area contributed by atoms with Crippen LogP contribution in [-0.2, 0) is 16.0 Å².